The Morgan fingerprint density at radius 1 is 0.483 bits per heavy atom. The predicted octanol–water partition coefficient (Wildman–Crippen LogP) is 16.2. The first-order valence-corrected chi connectivity index (χ1v) is 21.0. The van der Waals surface area contributed by atoms with Crippen LogP contribution in [0.1, 0.15) is 43.4 Å². The van der Waals surface area contributed by atoms with Crippen molar-refractivity contribution in [3.63, 3.8) is 0 Å². The highest BCUT2D eigenvalue weighted by atomic mass is 32.1. The first-order chi connectivity index (χ1) is 28.5. The van der Waals surface area contributed by atoms with Gasteiger partial charge in [-0.1, -0.05) is 129 Å². The lowest BCUT2D eigenvalue weighted by Gasteiger charge is -2.26. The van der Waals surface area contributed by atoms with Crippen LogP contribution in [0.4, 0.5) is 17.1 Å². The number of hydrogen-bond acceptors (Lipinski definition) is 3. The van der Waals surface area contributed by atoms with Crippen molar-refractivity contribution in [2.45, 2.75) is 32.1 Å². The van der Waals surface area contributed by atoms with Gasteiger partial charge < -0.3 is 9.32 Å². The van der Waals surface area contributed by atoms with Crippen LogP contribution in [0.3, 0.4) is 0 Å². The van der Waals surface area contributed by atoms with Crippen molar-refractivity contribution in [3.8, 4) is 43.1 Å². The van der Waals surface area contributed by atoms with E-state index in [1.165, 1.54) is 76.2 Å². The number of fused-ring (bicyclic) bond motifs is 6. The summed E-state index contributed by atoms with van der Waals surface area (Å²) >= 11 is 1.86. The highest BCUT2D eigenvalue weighted by molar-refractivity contribution is 7.18. The van der Waals surface area contributed by atoms with Gasteiger partial charge in [0.1, 0.15) is 11.2 Å². The predicted molar refractivity (Wildman–Crippen MR) is 247 cm³/mol. The Balaban J connectivity index is 0.902. The summed E-state index contributed by atoms with van der Waals surface area (Å²) in [5.41, 5.74) is 17.9. The SMILES string of the molecule is CC1(C)c2cc(-c3ccc(-c4ccc(N(c5ccc(C6=CCCC=C6)cc5)c5ccc(-c6ccccc6)cc5)cc4)s3)ccc2-c2cc3c(cc21)oc1ccccc13. The molecule has 0 atom stereocenters. The molecule has 7 aromatic carbocycles. The number of anilines is 3. The van der Waals surface area contributed by atoms with Crippen LogP contribution in [0, 0.1) is 0 Å². The Kier molecular flexibility index (Phi) is 8.20. The maximum Gasteiger partial charge on any atom is 0.135 e. The van der Waals surface area contributed by atoms with E-state index in [0.717, 1.165) is 41.1 Å². The molecular weight excluding hydrogens is 723 g/mol. The number of allylic oxidation sites excluding steroid dienone is 4. The topological polar surface area (TPSA) is 16.4 Å². The molecule has 3 heteroatoms. The molecule has 0 N–H and O–H groups in total. The van der Waals surface area contributed by atoms with Crippen LogP contribution in [0.25, 0.3) is 70.6 Å². The second kappa shape index (κ2) is 13.8. The van der Waals surface area contributed by atoms with E-state index in [1.807, 2.05) is 17.4 Å². The molecule has 0 unspecified atom stereocenters. The van der Waals surface area contributed by atoms with Crippen molar-refractivity contribution in [2.24, 2.45) is 0 Å². The molecule has 2 aliphatic rings. The third kappa shape index (κ3) is 5.85. The fourth-order valence-corrected chi connectivity index (χ4v) is 10.0. The minimum absolute atomic E-state index is 0.137. The van der Waals surface area contributed by atoms with E-state index in [9.17, 15) is 0 Å². The van der Waals surface area contributed by atoms with Crippen LogP contribution in [0.2, 0.25) is 0 Å². The van der Waals surface area contributed by atoms with Gasteiger partial charge in [-0.25, -0.2) is 0 Å². The van der Waals surface area contributed by atoms with E-state index in [-0.39, 0.29) is 5.41 Å². The number of thiophene rings is 1. The zero-order valence-corrected chi connectivity index (χ0v) is 33.4. The van der Waals surface area contributed by atoms with Crippen LogP contribution in [-0.2, 0) is 5.41 Å². The fourth-order valence-electron chi connectivity index (χ4n) is 9.04. The molecule has 2 heterocycles. The Bertz CT molecular complexity index is 3050. The maximum atomic E-state index is 6.31. The van der Waals surface area contributed by atoms with Crippen LogP contribution >= 0.6 is 11.3 Å². The Hall–Kier alpha value is -6.68. The number of para-hydroxylation sites is 1. The molecule has 0 amide bonds. The molecular formula is C55H41NOS. The van der Waals surface area contributed by atoms with Crippen molar-refractivity contribution in [1.29, 1.82) is 0 Å². The number of furan rings is 1. The van der Waals surface area contributed by atoms with Crippen LogP contribution in [0.5, 0.6) is 0 Å². The molecule has 0 aliphatic heterocycles. The van der Waals surface area contributed by atoms with Crippen molar-refractivity contribution >= 4 is 55.9 Å². The van der Waals surface area contributed by atoms with E-state index in [0.29, 0.717) is 0 Å². The largest absolute Gasteiger partial charge is 0.456 e. The Morgan fingerprint density at radius 2 is 1.09 bits per heavy atom. The Morgan fingerprint density at radius 3 is 1.79 bits per heavy atom. The second-order valence-corrected chi connectivity index (χ2v) is 17.1. The summed E-state index contributed by atoms with van der Waals surface area (Å²) in [4.78, 5) is 4.89. The fraction of sp³-hybridized carbons (Fsp3) is 0.0909. The van der Waals surface area contributed by atoms with Gasteiger partial charge in [0, 0.05) is 43.0 Å². The smallest absolute Gasteiger partial charge is 0.135 e. The molecule has 0 saturated carbocycles. The van der Waals surface area contributed by atoms with Crippen molar-refractivity contribution < 1.29 is 4.42 Å². The zero-order chi connectivity index (χ0) is 38.8. The molecule has 2 aliphatic carbocycles. The van der Waals surface area contributed by atoms with Crippen molar-refractivity contribution in [2.75, 3.05) is 4.90 Å². The van der Waals surface area contributed by atoms with E-state index >= 15 is 0 Å². The van der Waals surface area contributed by atoms with Gasteiger partial charge in [-0.3, -0.25) is 0 Å². The molecule has 58 heavy (non-hydrogen) atoms. The molecule has 0 saturated heterocycles. The summed E-state index contributed by atoms with van der Waals surface area (Å²) in [5, 5.41) is 2.36. The van der Waals surface area contributed by atoms with E-state index in [1.54, 1.807) is 0 Å². The minimum Gasteiger partial charge on any atom is -0.456 e. The number of hydrogen-bond donors (Lipinski definition) is 0. The lowest BCUT2D eigenvalue weighted by Crippen LogP contribution is -2.14. The number of rotatable bonds is 7. The summed E-state index contributed by atoms with van der Waals surface area (Å²) in [7, 11) is 0. The van der Waals surface area contributed by atoms with E-state index < -0.39 is 0 Å². The van der Waals surface area contributed by atoms with Gasteiger partial charge in [-0.15, -0.1) is 11.3 Å². The quantitative estimate of drug-likeness (QED) is 0.161. The highest BCUT2D eigenvalue weighted by Crippen LogP contribution is 2.52. The van der Waals surface area contributed by atoms with Gasteiger partial charge in [-0.2, -0.15) is 0 Å². The molecule has 11 rings (SSSR count). The van der Waals surface area contributed by atoms with E-state index in [2.05, 4.69) is 201 Å². The first-order valence-electron chi connectivity index (χ1n) is 20.2. The number of benzene rings is 7. The summed E-state index contributed by atoms with van der Waals surface area (Å²) in [6.07, 6.45) is 9.07. The molecule has 0 spiro atoms. The summed E-state index contributed by atoms with van der Waals surface area (Å²) in [6.45, 7) is 4.69. The molecule has 2 nitrogen and oxygen atoms in total. The number of nitrogens with zero attached hydrogens (tertiary/aromatic N) is 1. The Labute approximate surface area is 343 Å². The van der Waals surface area contributed by atoms with Gasteiger partial charge in [0.15, 0.2) is 0 Å². The summed E-state index contributed by atoms with van der Waals surface area (Å²) in [6, 6.07) is 62.1. The molecule has 0 fully saturated rings. The average Bonchev–Trinajstić information content (AvgIpc) is 3.98. The standard InChI is InChI=1S/C55H41NOS/c1-55(2)49-33-41(23-30-45(49)47-34-48-46-15-9-10-16-51(46)57-52(48)35-50(47)55)54-32-31-53(58-54)40-21-28-44(29-22-40)56(42-24-17-38(18-25-42)36-11-5-3-6-12-36)43-26-19-39(20-27-43)37-13-7-4-8-14-37/h3,5-7,9-35H,4,8H2,1-2H3. The first kappa shape index (κ1) is 34.6. The van der Waals surface area contributed by atoms with Crippen LogP contribution in [-0.4, -0.2) is 0 Å². The second-order valence-electron chi connectivity index (χ2n) is 16.0. The van der Waals surface area contributed by atoms with Crippen molar-refractivity contribution in [3.05, 3.63) is 205 Å². The third-order valence-corrected chi connectivity index (χ3v) is 13.3. The monoisotopic (exact) mass is 763 g/mol. The van der Waals surface area contributed by atoms with Gasteiger partial charge in [0.05, 0.1) is 0 Å². The molecule has 0 bridgehead atoms. The molecule has 278 valence electrons. The van der Waals surface area contributed by atoms with E-state index in [4.69, 9.17) is 4.42 Å². The van der Waals surface area contributed by atoms with Gasteiger partial charge in [0.2, 0.25) is 0 Å². The van der Waals surface area contributed by atoms with Gasteiger partial charge in [-0.05, 0) is 141 Å². The summed E-state index contributed by atoms with van der Waals surface area (Å²) < 4.78 is 6.31. The van der Waals surface area contributed by atoms with Gasteiger partial charge >= 0.3 is 0 Å². The van der Waals surface area contributed by atoms with Gasteiger partial charge in [0.25, 0.3) is 0 Å². The zero-order valence-electron chi connectivity index (χ0n) is 32.6. The molecule has 9 aromatic rings. The highest BCUT2D eigenvalue weighted by Gasteiger charge is 2.36. The molecule has 2 aromatic heterocycles. The minimum atomic E-state index is -0.137. The maximum absolute atomic E-state index is 6.31. The lowest BCUT2D eigenvalue weighted by atomic mass is 9.81. The third-order valence-electron chi connectivity index (χ3n) is 12.2. The lowest BCUT2D eigenvalue weighted by molar-refractivity contribution is 0.647. The van der Waals surface area contributed by atoms with Crippen LogP contribution in [0.15, 0.2) is 193 Å². The normalized spacial score (nSPS) is 14.1. The summed E-state index contributed by atoms with van der Waals surface area (Å²) in [5.74, 6) is 0. The molecule has 0 radical (unpaired) electrons. The van der Waals surface area contributed by atoms with Crippen molar-refractivity contribution in [1.82, 2.24) is 0 Å². The van der Waals surface area contributed by atoms with Crippen LogP contribution < -0.4 is 4.90 Å². The average molecular weight is 764 g/mol.